The summed E-state index contributed by atoms with van der Waals surface area (Å²) < 4.78 is 5.49. The fourth-order valence-corrected chi connectivity index (χ4v) is 2.35. The molecule has 0 radical (unpaired) electrons. The number of hydrogen-bond donors (Lipinski definition) is 0. The van der Waals surface area contributed by atoms with Gasteiger partial charge in [-0.05, 0) is 39.0 Å². The molecule has 90 valence electrons. The number of ether oxygens (including phenoxy) is 1. The van der Waals surface area contributed by atoms with Gasteiger partial charge in [-0.1, -0.05) is 25.2 Å². The van der Waals surface area contributed by atoms with Gasteiger partial charge in [-0.3, -0.25) is 0 Å². The van der Waals surface area contributed by atoms with Crippen LogP contribution in [0.2, 0.25) is 0 Å². The van der Waals surface area contributed by atoms with E-state index in [1.54, 1.807) is 6.08 Å². The number of esters is 1. The molecule has 1 rings (SSSR count). The number of carbonyl (C=O) groups excluding carboxylic acids is 1. The normalized spacial score (nSPS) is 30.3. The average molecular weight is 222 g/mol. The zero-order valence-corrected chi connectivity index (χ0v) is 10.5. The van der Waals surface area contributed by atoms with E-state index in [1.807, 2.05) is 13.8 Å². The minimum absolute atomic E-state index is 0.0185. The molecule has 1 aliphatic carbocycles. The van der Waals surface area contributed by atoms with Gasteiger partial charge in [-0.2, -0.15) is 0 Å². The van der Waals surface area contributed by atoms with Crippen LogP contribution in [0.15, 0.2) is 24.3 Å². The minimum atomic E-state index is -0.229. The van der Waals surface area contributed by atoms with Crippen molar-refractivity contribution < 1.29 is 9.53 Å². The first-order valence-electron chi connectivity index (χ1n) is 6.03. The monoisotopic (exact) mass is 222 g/mol. The first kappa shape index (κ1) is 13.0. The molecule has 0 amide bonds. The highest BCUT2D eigenvalue weighted by molar-refractivity contribution is 5.81. The Bertz CT molecular complexity index is 291. The van der Waals surface area contributed by atoms with E-state index < -0.39 is 0 Å². The lowest BCUT2D eigenvalue weighted by Gasteiger charge is -2.34. The van der Waals surface area contributed by atoms with Crippen LogP contribution in [-0.4, -0.2) is 12.1 Å². The molecule has 3 atom stereocenters. The van der Waals surface area contributed by atoms with Crippen molar-refractivity contribution in [2.75, 3.05) is 0 Å². The van der Waals surface area contributed by atoms with Gasteiger partial charge in [0.05, 0.1) is 0 Å². The van der Waals surface area contributed by atoms with Crippen LogP contribution in [0.1, 0.15) is 40.0 Å². The molecule has 0 aromatic carbocycles. The fraction of sp³-hybridized carbons (Fsp3) is 0.643. The van der Waals surface area contributed by atoms with Crippen LogP contribution in [0, 0.1) is 11.8 Å². The van der Waals surface area contributed by atoms with Crippen LogP contribution < -0.4 is 0 Å². The molecule has 0 aliphatic heterocycles. The standard InChI is InChI=1S/C14H22O2/c1-5-6-14(15)16-13-9-11(4)7-8-12(13)10(2)3/h5-6,11-13H,2,7-9H2,1,3-4H3. The first-order chi connectivity index (χ1) is 7.54. The van der Waals surface area contributed by atoms with E-state index in [4.69, 9.17) is 4.74 Å². The molecule has 2 heteroatoms. The van der Waals surface area contributed by atoms with Crippen molar-refractivity contribution in [1.82, 2.24) is 0 Å². The Morgan fingerprint density at radius 3 is 2.69 bits per heavy atom. The van der Waals surface area contributed by atoms with E-state index in [2.05, 4.69) is 13.5 Å². The second-order valence-electron chi connectivity index (χ2n) is 4.85. The molecule has 1 aliphatic rings. The molecule has 0 bridgehead atoms. The minimum Gasteiger partial charge on any atom is -0.459 e. The van der Waals surface area contributed by atoms with Gasteiger partial charge < -0.3 is 4.74 Å². The molecular formula is C14H22O2. The topological polar surface area (TPSA) is 26.3 Å². The van der Waals surface area contributed by atoms with Crippen molar-refractivity contribution in [1.29, 1.82) is 0 Å². The fourth-order valence-electron chi connectivity index (χ4n) is 2.35. The summed E-state index contributed by atoms with van der Waals surface area (Å²) in [7, 11) is 0. The van der Waals surface area contributed by atoms with E-state index in [9.17, 15) is 4.79 Å². The third-order valence-corrected chi connectivity index (χ3v) is 3.26. The van der Waals surface area contributed by atoms with Crippen molar-refractivity contribution in [3.05, 3.63) is 24.3 Å². The van der Waals surface area contributed by atoms with E-state index in [1.165, 1.54) is 12.5 Å². The highest BCUT2D eigenvalue weighted by atomic mass is 16.5. The number of hydrogen-bond acceptors (Lipinski definition) is 2. The summed E-state index contributed by atoms with van der Waals surface area (Å²) in [6.07, 6.45) is 6.46. The summed E-state index contributed by atoms with van der Waals surface area (Å²) in [5.41, 5.74) is 1.13. The van der Waals surface area contributed by atoms with Crippen LogP contribution in [0.5, 0.6) is 0 Å². The molecule has 3 unspecified atom stereocenters. The van der Waals surface area contributed by atoms with Crippen molar-refractivity contribution >= 4 is 5.97 Å². The molecule has 0 aromatic rings. The van der Waals surface area contributed by atoms with Gasteiger partial charge in [0, 0.05) is 12.0 Å². The molecule has 0 aromatic heterocycles. The van der Waals surface area contributed by atoms with Crippen molar-refractivity contribution in [3.8, 4) is 0 Å². The third-order valence-electron chi connectivity index (χ3n) is 3.26. The highest BCUT2D eigenvalue weighted by Gasteiger charge is 2.31. The number of rotatable bonds is 3. The van der Waals surface area contributed by atoms with Gasteiger partial charge in [0.25, 0.3) is 0 Å². The third kappa shape index (κ3) is 3.51. The lowest BCUT2D eigenvalue weighted by atomic mass is 9.78. The van der Waals surface area contributed by atoms with E-state index in [0.29, 0.717) is 11.8 Å². The number of carbonyl (C=O) groups is 1. The summed E-state index contributed by atoms with van der Waals surface area (Å²) >= 11 is 0. The zero-order valence-electron chi connectivity index (χ0n) is 10.5. The Morgan fingerprint density at radius 1 is 1.44 bits per heavy atom. The van der Waals surface area contributed by atoms with Crippen molar-refractivity contribution in [2.24, 2.45) is 11.8 Å². The summed E-state index contributed by atoms with van der Waals surface area (Å²) in [4.78, 5) is 11.4. The molecule has 0 N–H and O–H groups in total. The highest BCUT2D eigenvalue weighted by Crippen LogP contribution is 2.34. The predicted molar refractivity (Wildman–Crippen MR) is 66.0 cm³/mol. The largest absolute Gasteiger partial charge is 0.459 e. The molecule has 16 heavy (non-hydrogen) atoms. The quantitative estimate of drug-likeness (QED) is 0.415. The Labute approximate surface area is 98.4 Å². The van der Waals surface area contributed by atoms with Crippen LogP contribution in [0.25, 0.3) is 0 Å². The molecule has 1 fully saturated rings. The van der Waals surface area contributed by atoms with Gasteiger partial charge in [-0.25, -0.2) is 4.79 Å². The molecule has 0 heterocycles. The first-order valence-corrected chi connectivity index (χ1v) is 6.03. The molecule has 1 saturated carbocycles. The van der Waals surface area contributed by atoms with Crippen LogP contribution in [-0.2, 0) is 9.53 Å². The van der Waals surface area contributed by atoms with E-state index in [0.717, 1.165) is 18.4 Å². The maximum atomic E-state index is 11.4. The average Bonchev–Trinajstić information content (AvgIpc) is 2.17. The summed E-state index contributed by atoms with van der Waals surface area (Å²) in [6, 6.07) is 0. The van der Waals surface area contributed by atoms with Gasteiger partial charge >= 0.3 is 5.97 Å². The van der Waals surface area contributed by atoms with E-state index in [-0.39, 0.29) is 12.1 Å². The SMILES string of the molecule is C=C(C)C1CCC(C)CC1OC(=O)C=CC. The Kier molecular flexibility index (Phi) is 4.78. The summed E-state index contributed by atoms with van der Waals surface area (Å²) in [6.45, 7) is 10.1. The van der Waals surface area contributed by atoms with Crippen molar-refractivity contribution in [3.63, 3.8) is 0 Å². The Morgan fingerprint density at radius 2 is 2.12 bits per heavy atom. The maximum Gasteiger partial charge on any atom is 0.330 e. The molecule has 2 nitrogen and oxygen atoms in total. The van der Waals surface area contributed by atoms with Gasteiger partial charge in [0.2, 0.25) is 0 Å². The van der Waals surface area contributed by atoms with Gasteiger partial charge in [0.15, 0.2) is 0 Å². The smallest absolute Gasteiger partial charge is 0.330 e. The zero-order chi connectivity index (χ0) is 12.1. The second-order valence-corrected chi connectivity index (χ2v) is 4.85. The molecule has 0 saturated heterocycles. The van der Waals surface area contributed by atoms with Gasteiger partial charge in [-0.15, -0.1) is 0 Å². The molecule has 0 spiro atoms. The number of allylic oxidation sites excluding steroid dienone is 1. The van der Waals surface area contributed by atoms with Crippen LogP contribution >= 0.6 is 0 Å². The Balaban J connectivity index is 2.64. The van der Waals surface area contributed by atoms with Crippen LogP contribution in [0.3, 0.4) is 0 Å². The summed E-state index contributed by atoms with van der Waals surface area (Å²) in [5, 5.41) is 0. The van der Waals surface area contributed by atoms with Crippen molar-refractivity contribution in [2.45, 2.75) is 46.1 Å². The lowest BCUT2D eigenvalue weighted by Crippen LogP contribution is -2.33. The second kappa shape index (κ2) is 5.88. The Hall–Kier alpha value is -1.05. The van der Waals surface area contributed by atoms with E-state index >= 15 is 0 Å². The molecular weight excluding hydrogens is 200 g/mol. The predicted octanol–water partition coefficient (Wildman–Crippen LogP) is 3.49. The van der Waals surface area contributed by atoms with Crippen LogP contribution in [0.4, 0.5) is 0 Å². The lowest BCUT2D eigenvalue weighted by molar-refractivity contribution is -0.147. The van der Waals surface area contributed by atoms with Gasteiger partial charge in [0.1, 0.15) is 6.10 Å². The summed E-state index contributed by atoms with van der Waals surface area (Å²) in [5.74, 6) is 0.747. The maximum absolute atomic E-state index is 11.4.